The van der Waals surface area contributed by atoms with Crippen LogP contribution in [0.4, 0.5) is 0 Å². The molecular formula is C10H16ClNO. The number of nitrogens with zero attached hydrogens (tertiary/aromatic N) is 1. The van der Waals surface area contributed by atoms with Gasteiger partial charge >= 0.3 is 0 Å². The zero-order valence-electron chi connectivity index (χ0n) is 8.00. The molecule has 0 aliphatic heterocycles. The maximum Gasteiger partial charge on any atom is 0.241 e. The highest BCUT2D eigenvalue weighted by Gasteiger charge is 2.18. The van der Waals surface area contributed by atoms with Gasteiger partial charge in [0.2, 0.25) is 5.91 Å². The van der Waals surface area contributed by atoms with Crippen molar-refractivity contribution in [3.05, 3.63) is 25.3 Å². The summed E-state index contributed by atoms with van der Waals surface area (Å²) in [6, 6.07) is 0. The molecule has 0 aliphatic rings. The van der Waals surface area contributed by atoms with Crippen molar-refractivity contribution in [1.82, 2.24) is 4.90 Å². The van der Waals surface area contributed by atoms with Crippen molar-refractivity contribution in [2.24, 2.45) is 0 Å². The van der Waals surface area contributed by atoms with Crippen molar-refractivity contribution < 1.29 is 4.79 Å². The van der Waals surface area contributed by atoms with Gasteiger partial charge in [-0.2, -0.15) is 0 Å². The first kappa shape index (κ1) is 12.2. The van der Waals surface area contributed by atoms with Crippen molar-refractivity contribution in [1.29, 1.82) is 0 Å². The summed E-state index contributed by atoms with van der Waals surface area (Å²) in [6.45, 7) is 10.1. The topological polar surface area (TPSA) is 20.3 Å². The lowest BCUT2D eigenvalue weighted by Crippen LogP contribution is -2.36. The van der Waals surface area contributed by atoms with Gasteiger partial charge in [-0.05, 0) is 6.42 Å². The van der Waals surface area contributed by atoms with E-state index >= 15 is 0 Å². The number of carbonyl (C=O) groups is 1. The minimum Gasteiger partial charge on any atom is -0.334 e. The summed E-state index contributed by atoms with van der Waals surface area (Å²) in [5.41, 5.74) is 0. The van der Waals surface area contributed by atoms with Gasteiger partial charge in [0.05, 0.1) is 0 Å². The van der Waals surface area contributed by atoms with E-state index in [2.05, 4.69) is 13.2 Å². The molecule has 0 unspecified atom stereocenters. The average Bonchev–Trinajstić information content (AvgIpc) is 2.15. The Morgan fingerprint density at radius 2 is 1.92 bits per heavy atom. The van der Waals surface area contributed by atoms with Crippen LogP contribution < -0.4 is 0 Å². The predicted molar refractivity (Wildman–Crippen MR) is 56.9 cm³/mol. The van der Waals surface area contributed by atoms with Crippen molar-refractivity contribution in [3.8, 4) is 0 Å². The highest BCUT2D eigenvalue weighted by Crippen LogP contribution is 2.06. The molecule has 1 atom stereocenters. The van der Waals surface area contributed by atoms with E-state index in [4.69, 9.17) is 11.6 Å². The maximum atomic E-state index is 11.6. The van der Waals surface area contributed by atoms with Crippen LogP contribution in [0.5, 0.6) is 0 Å². The molecule has 0 saturated heterocycles. The lowest BCUT2D eigenvalue weighted by molar-refractivity contribution is -0.129. The number of amides is 1. The van der Waals surface area contributed by atoms with Gasteiger partial charge in [-0.3, -0.25) is 4.79 Å². The zero-order chi connectivity index (χ0) is 10.3. The van der Waals surface area contributed by atoms with Crippen LogP contribution in [-0.2, 0) is 4.79 Å². The van der Waals surface area contributed by atoms with Crippen molar-refractivity contribution >= 4 is 17.5 Å². The molecule has 0 bridgehead atoms. The van der Waals surface area contributed by atoms with E-state index < -0.39 is 5.38 Å². The molecule has 0 radical (unpaired) electrons. The van der Waals surface area contributed by atoms with Crippen LogP contribution in [0.3, 0.4) is 0 Å². The molecule has 13 heavy (non-hydrogen) atoms. The Labute approximate surface area is 84.9 Å². The normalized spacial score (nSPS) is 11.8. The van der Waals surface area contributed by atoms with Crippen LogP contribution in [0.2, 0.25) is 0 Å². The van der Waals surface area contributed by atoms with E-state index in [-0.39, 0.29) is 5.91 Å². The third kappa shape index (κ3) is 4.13. The van der Waals surface area contributed by atoms with Crippen LogP contribution in [-0.4, -0.2) is 29.3 Å². The fourth-order valence-electron chi connectivity index (χ4n) is 0.939. The standard InChI is InChI=1S/C10H16ClNO/c1-4-7-12(8-5-2)10(13)9(11)6-3/h4-5,9H,1-2,6-8H2,3H3/t9-/m0/s1. The fourth-order valence-corrected chi connectivity index (χ4v) is 1.08. The molecule has 74 valence electrons. The smallest absolute Gasteiger partial charge is 0.241 e. The summed E-state index contributed by atoms with van der Waals surface area (Å²) in [4.78, 5) is 13.2. The van der Waals surface area contributed by atoms with Gasteiger partial charge in [-0.1, -0.05) is 19.1 Å². The van der Waals surface area contributed by atoms with Crippen LogP contribution in [0.25, 0.3) is 0 Å². The minimum atomic E-state index is -0.431. The first-order valence-electron chi connectivity index (χ1n) is 4.32. The van der Waals surface area contributed by atoms with E-state index in [0.717, 1.165) is 0 Å². The number of hydrogen-bond donors (Lipinski definition) is 0. The van der Waals surface area contributed by atoms with Gasteiger partial charge in [0, 0.05) is 13.1 Å². The molecular weight excluding hydrogens is 186 g/mol. The molecule has 0 aliphatic carbocycles. The predicted octanol–water partition coefficient (Wildman–Crippen LogP) is 2.20. The largest absolute Gasteiger partial charge is 0.334 e. The van der Waals surface area contributed by atoms with Crippen molar-refractivity contribution in [2.45, 2.75) is 18.7 Å². The minimum absolute atomic E-state index is 0.0519. The molecule has 1 amide bonds. The third-order valence-corrected chi connectivity index (χ3v) is 2.13. The van der Waals surface area contributed by atoms with Crippen LogP contribution >= 0.6 is 11.6 Å². The van der Waals surface area contributed by atoms with Gasteiger partial charge < -0.3 is 4.90 Å². The summed E-state index contributed by atoms with van der Waals surface area (Å²) in [6.07, 6.45) is 4.01. The summed E-state index contributed by atoms with van der Waals surface area (Å²) in [5.74, 6) is -0.0519. The van der Waals surface area contributed by atoms with Gasteiger partial charge in [-0.25, -0.2) is 0 Å². The molecule has 3 heteroatoms. The number of halogens is 1. The molecule has 0 aromatic rings. The lowest BCUT2D eigenvalue weighted by atomic mass is 10.3. The van der Waals surface area contributed by atoms with Gasteiger partial charge in [-0.15, -0.1) is 24.8 Å². The lowest BCUT2D eigenvalue weighted by Gasteiger charge is -2.21. The highest BCUT2D eigenvalue weighted by molar-refractivity contribution is 6.30. The van der Waals surface area contributed by atoms with Crippen molar-refractivity contribution in [3.63, 3.8) is 0 Å². The second-order valence-corrected chi connectivity index (χ2v) is 3.22. The Kier molecular flexibility index (Phi) is 6.33. The molecule has 0 heterocycles. The second-order valence-electron chi connectivity index (χ2n) is 2.70. The second kappa shape index (κ2) is 6.72. The zero-order valence-corrected chi connectivity index (χ0v) is 8.76. The molecule has 0 spiro atoms. The Balaban J connectivity index is 4.25. The number of carbonyl (C=O) groups excluding carboxylic acids is 1. The highest BCUT2D eigenvalue weighted by atomic mass is 35.5. The monoisotopic (exact) mass is 201 g/mol. The van der Waals surface area contributed by atoms with Gasteiger partial charge in [0.25, 0.3) is 0 Å². The average molecular weight is 202 g/mol. The fraction of sp³-hybridized carbons (Fsp3) is 0.500. The first-order chi connectivity index (χ1) is 6.17. The van der Waals surface area contributed by atoms with Gasteiger partial charge in [0.15, 0.2) is 0 Å². The summed E-state index contributed by atoms with van der Waals surface area (Å²) in [7, 11) is 0. The summed E-state index contributed by atoms with van der Waals surface area (Å²) >= 11 is 5.82. The van der Waals surface area contributed by atoms with Gasteiger partial charge in [0.1, 0.15) is 5.38 Å². The van der Waals surface area contributed by atoms with E-state index in [1.807, 2.05) is 6.92 Å². The summed E-state index contributed by atoms with van der Waals surface area (Å²) in [5, 5.41) is -0.431. The Morgan fingerprint density at radius 3 is 2.23 bits per heavy atom. The molecule has 0 fully saturated rings. The van der Waals surface area contributed by atoms with E-state index in [9.17, 15) is 4.79 Å². The van der Waals surface area contributed by atoms with Crippen molar-refractivity contribution in [2.75, 3.05) is 13.1 Å². The van der Waals surface area contributed by atoms with Crippen LogP contribution in [0.15, 0.2) is 25.3 Å². The molecule has 0 saturated carbocycles. The number of rotatable bonds is 6. The SMILES string of the molecule is C=CCN(CC=C)C(=O)[C@@H](Cl)CC. The molecule has 0 N–H and O–H groups in total. The van der Waals surface area contributed by atoms with E-state index in [0.29, 0.717) is 19.5 Å². The molecule has 0 aromatic carbocycles. The quantitative estimate of drug-likeness (QED) is 0.477. The van der Waals surface area contributed by atoms with Crippen LogP contribution in [0.1, 0.15) is 13.3 Å². The first-order valence-corrected chi connectivity index (χ1v) is 4.75. The summed E-state index contributed by atoms with van der Waals surface area (Å²) < 4.78 is 0. The Morgan fingerprint density at radius 1 is 1.46 bits per heavy atom. The van der Waals surface area contributed by atoms with Crippen LogP contribution in [0, 0.1) is 0 Å². The Bertz CT molecular complexity index is 181. The molecule has 0 rings (SSSR count). The maximum absolute atomic E-state index is 11.6. The third-order valence-electron chi connectivity index (χ3n) is 1.64. The van der Waals surface area contributed by atoms with E-state index in [1.54, 1.807) is 17.1 Å². The molecule has 2 nitrogen and oxygen atoms in total. The Hall–Kier alpha value is -0.760. The number of alkyl halides is 1. The number of hydrogen-bond acceptors (Lipinski definition) is 1. The molecule has 0 aromatic heterocycles. The van der Waals surface area contributed by atoms with E-state index in [1.165, 1.54) is 0 Å².